The average molecular weight is 351 g/mol. The van der Waals surface area contributed by atoms with Crippen LogP contribution in [0.4, 0.5) is 17.1 Å². The summed E-state index contributed by atoms with van der Waals surface area (Å²) in [5, 5.41) is 3.19. The molecule has 110 valence electrons. The number of carbonyl (C=O) groups excluding carboxylic acids is 1. The standard InChI is InChI=1S/C15H15BrN2O3/c1-20-14-6-3-9(16)7-13(14)18-10-4-5-12(17)11(8-10)15(19)21-2/h3-8,18H,17H2,1-2H3. The van der Waals surface area contributed by atoms with E-state index in [1.165, 1.54) is 7.11 Å². The highest BCUT2D eigenvalue weighted by atomic mass is 79.9. The second-order valence-corrected chi connectivity index (χ2v) is 5.18. The van der Waals surface area contributed by atoms with E-state index in [1.807, 2.05) is 18.2 Å². The van der Waals surface area contributed by atoms with Crippen molar-refractivity contribution in [2.45, 2.75) is 0 Å². The molecule has 0 aliphatic heterocycles. The van der Waals surface area contributed by atoms with Gasteiger partial charge in [0.1, 0.15) is 5.75 Å². The predicted octanol–water partition coefficient (Wildman–Crippen LogP) is 3.57. The topological polar surface area (TPSA) is 73.6 Å². The maximum absolute atomic E-state index is 11.7. The van der Waals surface area contributed by atoms with Gasteiger partial charge in [-0.1, -0.05) is 15.9 Å². The predicted molar refractivity (Wildman–Crippen MR) is 86.2 cm³/mol. The quantitative estimate of drug-likeness (QED) is 0.651. The number of rotatable bonds is 4. The number of ether oxygens (including phenoxy) is 2. The van der Waals surface area contributed by atoms with Crippen LogP contribution in [0.5, 0.6) is 5.75 Å². The molecule has 0 aliphatic carbocycles. The Labute approximate surface area is 131 Å². The molecule has 0 aliphatic rings. The fraction of sp³-hybridized carbons (Fsp3) is 0.133. The minimum Gasteiger partial charge on any atom is -0.495 e. The van der Waals surface area contributed by atoms with Crippen LogP contribution in [0, 0.1) is 0 Å². The van der Waals surface area contributed by atoms with Gasteiger partial charge in [-0.05, 0) is 36.4 Å². The molecule has 2 aromatic rings. The number of halogens is 1. The minimum atomic E-state index is -0.475. The molecule has 21 heavy (non-hydrogen) atoms. The normalized spacial score (nSPS) is 10.0. The summed E-state index contributed by atoms with van der Waals surface area (Å²) in [6, 6.07) is 10.7. The van der Waals surface area contributed by atoms with Gasteiger partial charge in [0.2, 0.25) is 0 Å². The minimum absolute atomic E-state index is 0.316. The number of hydrogen-bond donors (Lipinski definition) is 2. The number of esters is 1. The van der Waals surface area contributed by atoms with E-state index >= 15 is 0 Å². The first-order valence-electron chi connectivity index (χ1n) is 6.13. The molecule has 6 heteroatoms. The molecule has 0 aromatic heterocycles. The third kappa shape index (κ3) is 3.46. The number of hydrogen-bond acceptors (Lipinski definition) is 5. The van der Waals surface area contributed by atoms with Gasteiger partial charge in [-0.15, -0.1) is 0 Å². The van der Waals surface area contributed by atoms with E-state index in [9.17, 15) is 4.79 Å². The molecule has 3 N–H and O–H groups in total. The van der Waals surface area contributed by atoms with E-state index in [1.54, 1.807) is 25.3 Å². The number of nitrogens with one attached hydrogen (secondary N) is 1. The van der Waals surface area contributed by atoms with Crippen LogP contribution >= 0.6 is 15.9 Å². The summed E-state index contributed by atoms with van der Waals surface area (Å²) >= 11 is 3.41. The van der Waals surface area contributed by atoms with Crippen LogP contribution in [-0.2, 0) is 4.74 Å². The smallest absolute Gasteiger partial charge is 0.340 e. The summed E-state index contributed by atoms with van der Waals surface area (Å²) in [6.07, 6.45) is 0. The second kappa shape index (κ2) is 6.49. The van der Waals surface area contributed by atoms with Crippen LogP contribution in [0.25, 0.3) is 0 Å². The number of benzene rings is 2. The molecule has 2 aromatic carbocycles. The first kappa shape index (κ1) is 15.2. The molecule has 0 saturated carbocycles. The maximum Gasteiger partial charge on any atom is 0.340 e. The van der Waals surface area contributed by atoms with Gasteiger partial charge in [-0.3, -0.25) is 0 Å². The second-order valence-electron chi connectivity index (χ2n) is 4.26. The summed E-state index contributed by atoms with van der Waals surface area (Å²) in [5.41, 5.74) is 7.94. The van der Waals surface area contributed by atoms with Crippen molar-refractivity contribution in [2.24, 2.45) is 0 Å². The molecule has 0 saturated heterocycles. The Kier molecular flexibility index (Phi) is 4.70. The lowest BCUT2D eigenvalue weighted by Gasteiger charge is -2.13. The van der Waals surface area contributed by atoms with Crippen molar-refractivity contribution in [3.05, 3.63) is 46.4 Å². The van der Waals surface area contributed by atoms with Gasteiger partial charge in [0.25, 0.3) is 0 Å². The fourth-order valence-corrected chi connectivity index (χ4v) is 2.22. The highest BCUT2D eigenvalue weighted by Crippen LogP contribution is 2.31. The van der Waals surface area contributed by atoms with Crippen molar-refractivity contribution in [3.8, 4) is 5.75 Å². The number of carbonyl (C=O) groups is 1. The molecule has 0 fully saturated rings. The van der Waals surface area contributed by atoms with Crippen LogP contribution in [0.2, 0.25) is 0 Å². The van der Waals surface area contributed by atoms with Crippen molar-refractivity contribution in [3.63, 3.8) is 0 Å². The van der Waals surface area contributed by atoms with Gasteiger partial charge < -0.3 is 20.5 Å². The Bertz CT molecular complexity index is 674. The molecule has 0 radical (unpaired) electrons. The van der Waals surface area contributed by atoms with E-state index in [0.29, 0.717) is 22.7 Å². The number of nitrogen functional groups attached to an aromatic ring is 1. The number of methoxy groups -OCH3 is 2. The summed E-state index contributed by atoms with van der Waals surface area (Å²) in [4.78, 5) is 11.7. The lowest BCUT2D eigenvalue weighted by atomic mass is 10.1. The number of nitrogens with two attached hydrogens (primary N) is 1. The van der Waals surface area contributed by atoms with Crippen molar-refractivity contribution in [2.75, 3.05) is 25.3 Å². The summed E-state index contributed by atoms with van der Waals surface area (Å²) in [6.45, 7) is 0. The van der Waals surface area contributed by atoms with E-state index in [0.717, 1.165) is 10.2 Å². The average Bonchev–Trinajstić information content (AvgIpc) is 2.48. The van der Waals surface area contributed by atoms with Crippen LogP contribution < -0.4 is 15.8 Å². The first-order valence-corrected chi connectivity index (χ1v) is 6.93. The van der Waals surface area contributed by atoms with Gasteiger partial charge >= 0.3 is 5.97 Å². The van der Waals surface area contributed by atoms with Gasteiger partial charge in [0.05, 0.1) is 25.5 Å². The molecule has 0 heterocycles. The van der Waals surface area contributed by atoms with Crippen molar-refractivity contribution in [1.29, 1.82) is 0 Å². The molecule has 0 bridgehead atoms. The molecule has 5 nitrogen and oxygen atoms in total. The van der Waals surface area contributed by atoms with Crippen molar-refractivity contribution >= 4 is 39.0 Å². The van der Waals surface area contributed by atoms with E-state index in [4.69, 9.17) is 15.2 Å². The van der Waals surface area contributed by atoms with Crippen molar-refractivity contribution < 1.29 is 14.3 Å². The maximum atomic E-state index is 11.7. The summed E-state index contributed by atoms with van der Waals surface area (Å²) < 4.78 is 10.9. The van der Waals surface area contributed by atoms with E-state index < -0.39 is 5.97 Å². The van der Waals surface area contributed by atoms with Gasteiger partial charge in [0.15, 0.2) is 0 Å². The fourth-order valence-electron chi connectivity index (χ4n) is 1.85. The Hall–Kier alpha value is -2.21. The molecule has 0 atom stereocenters. The van der Waals surface area contributed by atoms with Gasteiger partial charge in [-0.2, -0.15) is 0 Å². The largest absolute Gasteiger partial charge is 0.495 e. The van der Waals surface area contributed by atoms with Gasteiger partial charge in [0, 0.05) is 15.8 Å². The molecule has 0 amide bonds. The zero-order valence-corrected chi connectivity index (χ0v) is 13.2. The van der Waals surface area contributed by atoms with Crippen LogP contribution in [0.15, 0.2) is 40.9 Å². The zero-order chi connectivity index (χ0) is 15.4. The Morgan fingerprint density at radius 1 is 1.19 bits per heavy atom. The highest BCUT2D eigenvalue weighted by Gasteiger charge is 2.12. The lowest BCUT2D eigenvalue weighted by molar-refractivity contribution is 0.0602. The van der Waals surface area contributed by atoms with Crippen LogP contribution in [0.1, 0.15) is 10.4 Å². The molecule has 0 spiro atoms. The Morgan fingerprint density at radius 2 is 1.95 bits per heavy atom. The molecular formula is C15H15BrN2O3. The Balaban J connectivity index is 2.36. The third-order valence-electron chi connectivity index (χ3n) is 2.90. The molecule has 0 unspecified atom stereocenters. The first-order chi connectivity index (χ1) is 10.0. The summed E-state index contributed by atoms with van der Waals surface area (Å²) in [5.74, 6) is 0.215. The summed E-state index contributed by atoms with van der Waals surface area (Å²) in [7, 11) is 2.91. The molecular weight excluding hydrogens is 336 g/mol. The van der Waals surface area contributed by atoms with E-state index in [2.05, 4.69) is 21.2 Å². The monoisotopic (exact) mass is 350 g/mol. The third-order valence-corrected chi connectivity index (χ3v) is 3.39. The number of anilines is 3. The lowest BCUT2D eigenvalue weighted by Crippen LogP contribution is -2.06. The SMILES string of the molecule is COC(=O)c1cc(Nc2cc(Br)ccc2OC)ccc1N. The Morgan fingerprint density at radius 3 is 2.62 bits per heavy atom. The van der Waals surface area contributed by atoms with Crippen LogP contribution in [0.3, 0.4) is 0 Å². The van der Waals surface area contributed by atoms with E-state index in [-0.39, 0.29) is 0 Å². The van der Waals surface area contributed by atoms with Gasteiger partial charge in [-0.25, -0.2) is 4.79 Å². The molecule has 2 rings (SSSR count). The highest BCUT2D eigenvalue weighted by molar-refractivity contribution is 9.10. The zero-order valence-electron chi connectivity index (χ0n) is 11.6. The van der Waals surface area contributed by atoms with Crippen molar-refractivity contribution in [1.82, 2.24) is 0 Å². The van der Waals surface area contributed by atoms with Crippen LogP contribution in [-0.4, -0.2) is 20.2 Å².